The number of fused-ring (bicyclic) bond motifs is 1. The first kappa shape index (κ1) is 13.5. The van der Waals surface area contributed by atoms with Crippen LogP contribution in [-0.4, -0.2) is 49.7 Å². The Morgan fingerprint density at radius 1 is 1.43 bits per heavy atom. The smallest absolute Gasteiger partial charge is 0.326 e. The van der Waals surface area contributed by atoms with E-state index in [-0.39, 0.29) is 5.91 Å². The van der Waals surface area contributed by atoms with Gasteiger partial charge in [-0.3, -0.25) is 9.89 Å². The molecular weight excluding hydrogens is 272 g/mol. The van der Waals surface area contributed by atoms with E-state index >= 15 is 0 Å². The molecule has 1 aliphatic heterocycles. The van der Waals surface area contributed by atoms with Crippen molar-refractivity contribution in [2.75, 3.05) is 6.54 Å². The first-order valence-electron chi connectivity index (χ1n) is 6.85. The van der Waals surface area contributed by atoms with Crippen LogP contribution >= 0.6 is 0 Å². The van der Waals surface area contributed by atoms with E-state index in [1.807, 2.05) is 6.92 Å². The molecule has 1 atom stereocenters. The van der Waals surface area contributed by atoms with E-state index in [0.717, 1.165) is 5.69 Å². The highest BCUT2D eigenvalue weighted by Gasteiger charge is 2.35. The number of rotatable bonds is 2. The zero-order valence-electron chi connectivity index (χ0n) is 11.9. The molecule has 21 heavy (non-hydrogen) atoms. The lowest BCUT2D eigenvalue weighted by Crippen LogP contribution is -2.40. The predicted molar refractivity (Wildman–Crippen MR) is 75.1 cm³/mol. The molecule has 1 amide bonds. The Hall–Kier alpha value is -2.44. The monoisotopic (exact) mass is 288 g/mol. The summed E-state index contributed by atoms with van der Waals surface area (Å²) in [6.07, 6.45) is 1.21. The molecule has 0 aromatic carbocycles. The fourth-order valence-electron chi connectivity index (χ4n) is 2.89. The highest BCUT2D eigenvalue weighted by Crippen LogP contribution is 2.25. The number of pyridine rings is 1. The van der Waals surface area contributed by atoms with Crippen LogP contribution in [0, 0.1) is 13.8 Å². The summed E-state index contributed by atoms with van der Waals surface area (Å²) < 4.78 is 0. The highest BCUT2D eigenvalue weighted by molar-refractivity contribution is 6.07. The molecule has 3 rings (SSSR count). The van der Waals surface area contributed by atoms with Crippen LogP contribution in [0.1, 0.15) is 34.6 Å². The number of aromatic nitrogens is 3. The van der Waals surface area contributed by atoms with Gasteiger partial charge >= 0.3 is 5.97 Å². The number of carbonyl (C=O) groups is 2. The third-order valence-electron chi connectivity index (χ3n) is 3.86. The highest BCUT2D eigenvalue weighted by atomic mass is 16.4. The maximum atomic E-state index is 12.8. The lowest BCUT2D eigenvalue weighted by Gasteiger charge is -2.22. The van der Waals surface area contributed by atoms with Gasteiger partial charge in [0, 0.05) is 17.9 Å². The van der Waals surface area contributed by atoms with Gasteiger partial charge in [-0.1, -0.05) is 0 Å². The molecule has 1 fully saturated rings. The molecule has 0 bridgehead atoms. The largest absolute Gasteiger partial charge is 0.480 e. The molecule has 1 aliphatic rings. The normalized spacial score (nSPS) is 18.4. The molecule has 2 N–H and O–H groups in total. The van der Waals surface area contributed by atoms with Crippen LogP contribution in [0.4, 0.5) is 0 Å². The number of aromatic amines is 1. The van der Waals surface area contributed by atoms with E-state index in [0.29, 0.717) is 41.7 Å². The number of hydrogen-bond acceptors (Lipinski definition) is 4. The average molecular weight is 288 g/mol. The van der Waals surface area contributed by atoms with E-state index in [4.69, 9.17) is 0 Å². The molecule has 0 spiro atoms. The third-order valence-corrected chi connectivity index (χ3v) is 3.86. The van der Waals surface area contributed by atoms with E-state index in [9.17, 15) is 14.7 Å². The number of carboxylic acid groups (broad SMARTS) is 1. The zero-order valence-corrected chi connectivity index (χ0v) is 11.9. The van der Waals surface area contributed by atoms with Gasteiger partial charge in [-0.15, -0.1) is 0 Å². The fourth-order valence-corrected chi connectivity index (χ4v) is 2.89. The van der Waals surface area contributed by atoms with E-state index in [2.05, 4.69) is 15.2 Å². The van der Waals surface area contributed by atoms with Crippen LogP contribution in [-0.2, 0) is 4.79 Å². The van der Waals surface area contributed by atoms with Gasteiger partial charge in [0.25, 0.3) is 5.91 Å². The SMILES string of the molecule is Cc1cc(C(=O)N2CCC[C@H]2C(=O)O)c2c(C)[nH]nc2n1. The molecule has 7 nitrogen and oxygen atoms in total. The van der Waals surface area contributed by atoms with E-state index < -0.39 is 12.0 Å². The minimum absolute atomic E-state index is 0.264. The Morgan fingerprint density at radius 3 is 2.90 bits per heavy atom. The Morgan fingerprint density at radius 2 is 2.19 bits per heavy atom. The van der Waals surface area contributed by atoms with Crippen LogP contribution in [0.5, 0.6) is 0 Å². The van der Waals surface area contributed by atoms with Crippen molar-refractivity contribution in [1.29, 1.82) is 0 Å². The summed E-state index contributed by atoms with van der Waals surface area (Å²) in [5, 5.41) is 16.8. The van der Waals surface area contributed by atoms with Crippen molar-refractivity contribution in [2.24, 2.45) is 0 Å². The van der Waals surface area contributed by atoms with Gasteiger partial charge in [-0.2, -0.15) is 5.10 Å². The van der Waals surface area contributed by atoms with Crippen molar-refractivity contribution < 1.29 is 14.7 Å². The second-order valence-electron chi connectivity index (χ2n) is 5.35. The fraction of sp³-hybridized carbons (Fsp3) is 0.429. The molecule has 3 heterocycles. The predicted octanol–water partition coefficient (Wildman–Crippen LogP) is 1.26. The molecule has 110 valence electrons. The average Bonchev–Trinajstić information content (AvgIpc) is 3.04. The first-order valence-corrected chi connectivity index (χ1v) is 6.85. The number of likely N-dealkylation sites (tertiary alicyclic amines) is 1. The van der Waals surface area contributed by atoms with Crippen LogP contribution in [0.3, 0.4) is 0 Å². The molecule has 7 heteroatoms. The van der Waals surface area contributed by atoms with Gasteiger partial charge in [0.15, 0.2) is 5.65 Å². The molecule has 0 radical (unpaired) electrons. The summed E-state index contributed by atoms with van der Waals surface area (Å²) in [4.78, 5) is 29.8. The number of carboxylic acids is 1. The van der Waals surface area contributed by atoms with Crippen molar-refractivity contribution in [2.45, 2.75) is 32.7 Å². The number of aliphatic carboxylic acids is 1. The summed E-state index contributed by atoms with van der Waals surface area (Å²) in [6.45, 7) is 4.08. The van der Waals surface area contributed by atoms with Crippen LogP contribution in [0.15, 0.2) is 6.07 Å². The van der Waals surface area contributed by atoms with Gasteiger partial charge in [0.05, 0.1) is 10.9 Å². The van der Waals surface area contributed by atoms with Crippen molar-refractivity contribution >= 4 is 22.9 Å². The van der Waals surface area contributed by atoms with E-state index in [1.54, 1.807) is 13.0 Å². The minimum atomic E-state index is -0.952. The Balaban J connectivity index is 2.09. The number of aryl methyl sites for hydroxylation is 2. The number of hydrogen-bond donors (Lipinski definition) is 2. The second-order valence-corrected chi connectivity index (χ2v) is 5.35. The zero-order chi connectivity index (χ0) is 15.1. The molecule has 2 aromatic rings. The second kappa shape index (κ2) is 4.83. The quantitative estimate of drug-likeness (QED) is 0.866. The number of H-pyrrole nitrogens is 1. The molecule has 0 unspecified atom stereocenters. The molecular formula is C14H16N4O3. The van der Waals surface area contributed by atoms with Gasteiger partial charge in [0.2, 0.25) is 0 Å². The first-order chi connectivity index (χ1) is 9.99. The van der Waals surface area contributed by atoms with E-state index in [1.165, 1.54) is 4.90 Å². The number of amides is 1. The minimum Gasteiger partial charge on any atom is -0.480 e. The number of nitrogens with zero attached hydrogens (tertiary/aromatic N) is 3. The Bertz CT molecular complexity index is 737. The Kier molecular flexibility index (Phi) is 3.12. The maximum absolute atomic E-state index is 12.8. The van der Waals surface area contributed by atoms with Crippen LogP contribution in [0.2, 0.25) is 0 Å². The van der Waals surface area contributed by atoms with Crippen molar-refractivity contribution in [1.82, 2.24) is 20.1 Å². The molecule has 0 saturated carbocycles. The molecule has 0 aliphatic carbocycles. The number of carbonyl (C=O) groups excluding carboxylic acids is 1. The Labute approximate surface area is 121 Å². The number of nitrogens with one attached hydrogen (secondary N) is 1. The molecule has 1 saturated heterocycles. The standard InChI is InChI=1S/C14H16N4O3/c1-7-6-9(11-8(2)16-17-12(11)15-7)13(19)18-5-3-4-10(18)14(20)21/h6,10H,3-5H2,1-2H3,(H,20,21)(H,15,16,17)/t10-/m0/s1. The summed E-state index contributed by atoms with van der Waals surface area (Å²) in [7, 11) is 0. The topological polar surface area (TPSA) is 99.2 Å². The summed E-state index contributed by atoms with van der Waals surface area (Å²) in [5.41, 5.74) is 2.40. The summed E-state index contributed by atoms with van der Waals surface area (Å²) in [5.74, 6) is -1.22. The lowest BCUT2D eigenvalue weighted by molar-refractivity contribution is -0.141. The van der Waals surface area contributed by atoms with Crippen molar-refractivity contribution in [3.05, 3.63) is 23.0 Å². The van der Waals surface area contributed by atoms with Gasteiger partial charge in [-0.25, -0.2) is 9.78 Å². The van der Waals surface area contributed by atoms with Gasteiger partial charge in [0.1, 0.15) is 6.04 Å². The van der Waals surface area contributed by atoms with Crippen LogP contribution in [0.25, 0.3) is 11.0 Å². The summed E-state index contributed by atoms with van der Waals surface area (Å²) >= 11 is 0. The molecule has 2 aromatic heterocycles. The maximum Gasteiger partial charge on any atom is 0.326 e. The van der Waals surface area contributed by atoms with Crippen molar-refractivity contribution in [3.8, 4) is 0 Å². The summed E-state index contributed by atoms with van der Waals surface area (Å²) in [6, 6.07) is 0.956. The van der Waals surface area contributed by atoms with Gasteiger partial charge in [-0.05, 0) is 32.8 Å². The van der Waals surface area contributed by atoms with Gasteiger partial charge < -0.3 is 10.0 Å². The lowest BCUT2D eigenvalue weighted by atomic mass is 10.1. The third kappa shape index (κ3) is 2.14. The van der Waals surface area contributed by atoms with Crippen molar-refractivity contribution in [3.63, 3.8) is 0 Å². The van der Waals surface area contributed by atoms with Crippen LogP contribution < -0.4 is 0 Å².